The Labute approximate surface area is 138 Å². The van der Waals surface area contributed by atoms with Gasteiger partial charge in [-0.2, -0.15) is 0 Å². The van der Waals surface area contributed by atoms with E-state index in [1.807, 2.05) is 18.2 Å². The van der Waals surface area contributed by atoms with E-state index in [1.165, 1.54) is 6.07 Å². The first kappa shape index (κ1) is 18.0. The second kappa shape index (κ2) is 8.51. The molecule has 1 unspecified atom stereocenters. The number of ether oxygens (including phenoxy) is 1. The summed E-state index contributed by atoms with van der Waals surface area (Å²) in [7, 11) is 0. The average molecular weight is 334 g/mol. The minimum Gasteiger partial charge on any atom is -0.738 e. The molecule has 128 valence electrons. The fourth-order valence-corrected chi connectivity index (χ4v) is 2.17. The Balaban J connectivity index is 2.01. The molecule has 2 aromatic carbocycles. The number of rotatable bonds is 7. The summed E-state index contributed by atoms with van der Waals surface area (Å²) in [6.07, 6.45) is 0. The molecular formula is C17H17FNO5-. The molecule has 0 aliphatic carbocycles. The SMILES string of the molecule is CC(C(=O)OCCON([O-])O)c1ccc(-c2ccccc2)c(F)c1. The lowest BCUT2D eigenvalue weighted by molar-refractivity contribution is -0.308. The van der Waals surface area contributed by atoms with Crippen LogP contribution >= 0.6 is 0 Å². The zero-order valence-corrected chi connectivity index (χ0v) is 13.0. The molecule has 0 spiro atoms. The summed E-state index contributed by atoms with van der Waals surface area (Å²) in [5.74, 6) is -1.69. The predicted molar refractivity (Wildman–Crippen MR) is 84.2 cm³/mol. The van der Waals surface area contributed by atoms with Crippen molar-refractivity contribution < 1.29 is 24.0 Å². The van der Waals surface area contributed by atoms with Crippen LogP contribution in [0.3, 0.4) is 0 Å². The third-order valence-electron chi connectivity index (χ3n) is 3.46. The van der Waals surface area contributed by atoms with Gasteiger partial charge in [0.15, 0.2) is 0 Å². The molecule has 6 nitrogen and oxygen atoms in total. The van der Waals surface area contributed by atoms with E-state index < -0.39 is 23.1 Å². The van der Waals surface area contributed by atoms with Crippen molar-refractivity contribution in [2.24, 2.45) is 0 Å². The van der Waals surface area contributed by atoms with E-state index in [0.29, 0.717) is 11.1 Å². The quantitative estimate of drug-likeness (QED) is 0.475. The van der Waals surface area contributed by atoms with Gasteiger partial charge < -0.3 is 15.2 Å². The first-order valence-electron chi connectivity index (χ1n) is 7.29. The van der Waals surface area contributed by atoms with Gasteiger partial charge in [0, 0.05) is 5.56 Å². The van der Waals surface area contributed by atoms with Crippen molar-refractivity contribution in [1.29, 1.82) is 0 Å². The molecule has 0 saturated carbocycles. The van der Waals surface area contributed by atoms with Gasteiger partial charge in [0.1, 0.15) is 19.0 Å². The Hall–Kier alpha value is -2.32. The summed E-state index contributed by atoms with van der Waals surface area (Å²) >= 11 is 0. The minimum atomic E-state index is -0.713. The van der Waals surface area contributed by atoms with Crippen molar-refractivity contribution in [1.82, 2.24) is 5.39 Å². The topological polar surface area (TPSA) is 82.1 Å². The molecule has 2 rings (SSSR count). The molecule has 0 amide bonds. The highest BCUT2D eigenvalue weighted by molar-refractivity contribution is 5.78. The fraction of sp³-hybridized carbons (Fsp3) is 0.235. The molecule has 0 heterocycles. The molecule has 0 radical (unpaired) electrons. The van der Waals surface area contributed by atoms with Crippen molar-refractivity contribution >= 4 is 5.97 Å². The molecule has 0 bridgehead atoms. The van der Waals surface area contributed by atoms with Gasteiger partial charge in [0.05, 0.1) is 5.92 Å². The highest BCUT2D eigenvalue weighted by atomic mass is 19.1. The second-order valence-electron chi connectivity index (χ2n) is 5.07. The number of nitrogens with zero attached hydrogens (tertiary/aromatic N) is 1. The molecular weight excluding hydrogens is 317 g/mol. The normalized spacial score (nSPS) is 12.2. The first-order valence-corrected chi connectivity index (χ1v) is 7.29. The lowest BCUT2D eigenvalue weighted by Crippen LogP contribution is -2.19. The number of hydrogen-bond acceptors (Lipinski definition) is 6. The van der Waals surface area contributed by atoms with Crippen LogP contribution < -0.4 is 0 Å². The zero-order valence-electron chi connectivity index (χ0n) is 13.0. The highest BCUT2D eigenvalue weighted by Crippen LogP contribution is 2.26. The number of benzene rings is 2. The van der Waals surface area contributed by atoms with Gasteiger partial charge in [-0.25, -0.2) is 4.39 Å². The molecule has 2 aromatic rings. The van der Waals surface area contributed by atoms with Crippen molar-refractivity contribution in [3.05, 3.63) is 65.1 Å². The maximum atomic E-state index is 14.3. The summed E-state index contributed by atoms with van der Waals surface area (Å²) in [6.45, 7) is 1.11. The third-order valence-corrected chi connectivity index (χ3v) is 3.46. The van der Waals surface area contributed by atoms with Crippen LogP contribution in [0.5, 0.6) is 0 Å². The van der Waals surface area contributed by atoms with Crippen molar-refractivity contribution in [3.63, 3.8) is 0 Å². The number of carbonyl (C=O) groups is 1. The lowest BCUT2D eigenvalue weighted by atomic mass is 9.97. The van der Waals surface area contributed by atoms with Gasteiger partial charge in [0.2, 0.25) is 0 Å². The van der Waals surface area contributed by atoms with E-state index >= 15 is 0 Å². The van der Waals surface area contributed by atoms with E-state index in [9.17, 15) is 14.4 Å². The maximum Gasteiger partial charge on any atom is 0.313 e. The van der Waals surface area contributed by atoms with Crippen molar-refractivity contribution in [3.8, 4) is 11.1 Å². The van der Waals surface area contributed by atoms with Crippen molar-refractivity contribution in [2.45, 2.75) is 12.8 Å². The Morgan fingerprint density at radius 3 is 2.58 bits per heavy atom. The Morgan fingerprint density at radius 2 is 1.96 bits per heavy atom. The third kappa shape index (κ3) is 4.84. The van der Waals surface area contributed by atoms with Gasteiger partial charge in [-0.1, -0.05) is 42.5 Å². The number of esters is 1. The summed E-state index contributed by atoms with van der Waals surface area (Å²) in [6, 6.07) is 13.7. The number of halogens is 1. The van der Waals surface area contributed by atoms with Gasteiger partial charge in [0.25, 0.3) is 0 Å². The van der Waals surface area contributed by atoms with Crippen molar-refractivity contribution in [2.75, 3.05) is 13.2 Å². The fourth-order valence-electron chi connectivity index (χ4n) is 2.17. The van der Waals surface area contributed by atoms with Crippen LogP contribution in [0.15, 0.2) is 48.5 Å². The Kier molecular flexibility index (Phi) is 6.39. The Morgan fingerprint density at radius 1 is 1.25 bits per heavy atom. The molecule has 7 heteroatoms. The van der Waals surface area contributed by atoms with Crippen LogP contribution in [0.4, 0.5) is 4.39 Å². The van der Waals surface area contributed by atoms with E-state index in [2.05, 4.69) is 4.84 Å². The smallest absolute Gasteiger partial charge is 0.313 e. The maximum absolute atomic E-state index is 14.3. The first-order chi connectivity index (χ1) is 11.5. The van der Waals surface area contributed by atoms with Crippen LogP contribution in [0.25, 0.3) is 11.1 Å². The van der Waals surface area contributed by atoms with Crippen LogP contribution in [-0.2, 0) is 14.4 Å². The van der Waals surface area contributed by atoms with Crippen LogP contribution in [0.1, 0.15) is 18.4 Å². The molecule has 0 saturated heterocycles. The lowest BCUT2D eigenvalue weighted by Gasteiger charge is -2.18. The van der Waals surface area contributed by atoms with Crippen LogP contribution in [0, 0.1) is 11.0 Å². The molecule has 24 heavy (non-hydrogen) atoms. The molecule has 1 N–H and O–H groups in total. The number of carbonyl (C=O) groups excluding carboxylic acids is 1. The summed E-state index contributed by atoms with van der Waals surface area (Å²) in [4.78, 5) is 16.1. The number of hydrogen-bond donors (Lipinski definition) is 1. The largest absolute Gasteiger partial charge is 0.738 e. The van der Waals surface area contributed by atoms with Gasteiger partial charge >= 0.3 is 5.97 Å². The molecule has 1 atom stereocenters. The van der Waals surface area contributed by atoms with Gasteiger partial charge in [-0.3, -0.25) is 9.63 Å². The molecule has 0 fully saturated rings. The van der Waals surface area contributed by atoms with E-state index in [4.69, 9.17) is 9.94 Å². The summed E-state index contributed by atoms with van der Waals surface area (Å²) in [5.41, 5.74) is 1.68. The van der Waals surface area contributed by atoms with Gasteiger partial charge in [-0.15, -0.1) is 5.39 Å². The van der Waals surface area contributed by atoms with Crippen LogP contribution in [0.2, 0.25) is 0 Å². The minimum absolute atomic E-state index is 0.201. The van der Waals surface area contributed by atoms with Gasteiger partial charge in [-0.05, 0) is 24.1 Å². The zero-order chi connectivity index (χ0) is 17.5. The van der Waals surface area contributed by atoms with Crippen LogP contribution in [-0.4, -0.2) is 29.8 Å². The average Bonchev–Trinajstić information content (AvgIpc) is 2.58. The highest BCUT2D eigenvalue weighted by Gasteiger charge is 2.18. The summed E-state index contributed by atoms with van der Waals surface area (Å²) in [5, 5.41) is 17.6. The molecule has 0 aliphatic heterocycles. The molecule has 0 aromatic heterocycles. The van der Waals surface area contributed by atoms with E-state index in [1.54, 1.807) is 31.2 Å². The summed E-state index contributed by atoms with van der Waals surface area (Å²) < 4.78 is 19.2. The van der Waals surface area contributed by atoms with E-state index in [0.717, 1.165) is 5.56 Å². The Bertz CT molecular complexity index is 678. The predicted octanol–water partition coefficient (Wildman–Crippen LogP) is 3.26. The molecule has 0 aliphatic rings. The van der Waals surface area contributed by atoms with E-state index in [-0.39, 0.29) is 13.2 Å². The standard InChI is InChI=1S/C17H17FNO5/c1-12(17(20)23-9-10-24-19(21)22)14-7-8-15(16(18)11-14)13-5-3-2-4-6-13/h2-8,11-12,21H,9-10H2,1H3/q-1. The second-order valence-corrected chi connectivity index (χ2v) is 5.07. The monoisotopic (exact) mass is 334 g/mol.